The van der Waals surface area contributed by atoms with Crippen LogP contribution in [0.25, 0.3) is 0 Å². The third kappa shape index (κ3) is 2.64. The lowest BCUT2D eigenvalue weighted by atomic mass is 10.0. The van der Waals surface area contributed by atoms with E-state index in [1.165, 1.54) is 11.3 Å². The van der Waals surface area contributed by atoms with Gasteiger partial charge in [-0.1, -0.05) is 0 Å². The molecule has 2 unspecified atom stereocenters. The lowest BCUT2D eigenvalue weighted by Gasteiger charge is -2.14. The average molecular weight is 304 g/mol. The molecule has 1 saturated heterocycles. The number of amides is 1. The second-order valence-electron chi connectivity index (χ2n) is 3.93. The Kier molecular flexibility index (Phi) is 4.00. The van der Waals surface area contributed by atoms with E-state index in [9.17, 15) is 4.79 Å². The Morgan fingerprint density at radius 2 is 2.56 bits per heavy atom. The molecule has 1 fully saturated rings. The van der Waals surface area contributed by atoms with Gasteiger partial charge in [0.2, 0.25) is 0 Å². The van der Waals surface area contributed by atoms with E-state index >= 15 is 0 Å². The van der Waals surface area contributed by atoms with Crippen molar-refractivity contribution in [2.75, 3.05) is 13.2 Å². The van der Waals surface area contributed by atoms with Gasteiger partial charge in [-0.3, -0.25) is 4.79 Å². The van der Waals surface area contributed by atoms with E-state index in [2.05, 4.69) is 28.2 Å². The molecule has 1 aliphatic heterocycles. The fourth-order valence-corrected chi connectivity index (χ4v) is 3.27. The summed E-state index contributed by atoms with van der Waals surface area (Å²) in [6.45, 7) is 3.57. The van der Waals surface area contributed by atoms with Crippen LogP contribution < -0.4 is 5.32 Å². The number of rotatable bonds is 3. The normalized spacial score (nSPS) is 24.6. The molecule has 0 spiro atoms. The summed E-state index contributed by atoms with van der Waals surface area (Å²) in [5.74, 6) is 0.448. The molecule has 0 radical (unpaired) electrons. The highest BCUT2D eigenvalue weighted by Crippen LogP contribution is 2.23. The second kappa shape index (κ2) is 5.29. The first-order valence-corrected chi connectivity index (χ1v) is 6.98. The predicted molar refractivity (Wildman–Crippen MR) is 67.9 cm³/mol. The van der Waals surface area contributed by atoms with Crippen molar-refractivity contribution in [3.8, 4) is 0 Å². The minimum Gasteiger partial charge on any atom is -0.378 e. The molecular weight excluding hydrogens is 290 g/mol. The zero-order chi connectivity index (χ0) is 11.5. The van der Waals surface area contributed by atoms with Crippen LogP contribution in [0.3, 0.4) is 0 Å². The van der Waals surface area contributed by atoms with Crippen LogP contribution >= 0.6 is 27.3 Å². The SMILES string of the molecule is CC1OCCC1CNC(=O)c1sccc1Br. The third-order valence-corrected chi connectivity index (χ3v) is 4.72. The first-order chi connectivity index (χ1) is 7.68. The van der Waals surface area contributed by atoms with Gasteiger partial charge in [0.25, 0.3) is 5.91 Å². The smallest absolute Gasteiger partial charge is 0.262 e. The molecule has 0 saturated carbocycles. The van der Waals surface area contributed by atoms with Crippen molar-refractivity contribution < 1.29 is 9.53 Å². The van der Waals surface area contributed by atoms with E-state index < -0.39 is 0 Å². The van der Waals surface area contributed by atoms with Crippen molar-refractivity contribution in [1.82, 2.24) is 5.32 Å². The summed E-state index contributed by atoms with van der Waals surface area (Å²) in [7, 11) is 0. The minimum absolute atomic E-state index is 0.000903. The van der Waals surface area contributed by atoms with Gasteiger partial charge in [-0.25, -0.2) is 0 Å². The van der Waals surface area contributed by atoms with Gasteiger partial charge in [0.05, 0.1) is 6.10 Å². The molecule has 2 heterocycles. The van der Waals surface area contributed by atoms with Gasteiger partial charge in [-0.2, -0.15) is 0 Å². The van der Waals surface area contributed by atoms with E-state index in [0.29, 0.717) is 12.5 Å². The van der Waals surface area contributed by atoms with Crippen molar-refractivity contribution >= 4 is 33.2 Å². The highest BCUT2D eigenvalue weighted by Gasteiger charge is 2.24. The van der Waals surface area contributed by atoms with E-state index in [4.69, 9.17) is 4.74 Å². The van der Waals surface area contributed by atoms with E-state index in [1.807, 2.05) is 11.4 Å². The fourth-order valence-electron chi connectivity index (χ4n) is 1.80. The molecule has 1 aromatic heterocycles. The van der Waals surface area contributed by atoms with Crippen LogP contribution in [0.1, 0.15) is 23.0 Å². The molecule has 3 nitrogen and oxygen atoms in total. The summed E-state index contributed by atoms with van der Waals surface area (Å²) >= 11 is 4.81. The molecule has 88 valence electrons. The minimum atomic E-state index is 0.000903. The first kappa shape index (κ1) is 12.1. The molecule has 0 bridgehead atoms. The molecule has 1 aromatic rings. The monoisotopic (exact) mass is 303 g/mol. The quantitative estimate of drug-likeness (QED) is 0.932. The number of hydrogen-bond donors (Lipinski definition) is 1. The van der Waals surface area contributed by atoms with Crippen LogP contribution in [0.5, 0.6) is 0 Å². The summed E-state index contributed by atoms with van der Waals surface area (Å²) in [6.07, 6.45) is 1.29. The summed E-state index contributed by atoms with van der Waals surface area (Å²) < 4.78 is 6.32. The molecule has 1 aliphatic rings. The van der Waals surface area contributed by atoms with Crippen molar-refractivity contribution in [3.05, 3.63) is 20.8 Å². The molecule has 1 amide bonds. The molecule has 1 N–H and O–H groups in total. The van der Waals surface area contributed by atoms with Gasteiger partial charge in [0, 0.05) is 23.5 Å². The van der Waals surface area contributed by atoms with Crippen LogP contribution in [0, 0.1) is 5.92 Å². The molecular formula is C11H14BrNO2S. The largest absolute Gasteiger partial charge is 0.378 e. The Labute approximate surface area is 107 Å². The summed E-state index contributed by atoms with van der Waals surface area (Å²) in [5, 5.41) is 4.86. The van der Waals surface area contributed by atoms with E-state index in [-0.39, 0.29) is 12.0 Å². The summed E-state index contributed by atoms with van der Waals surface area (Å²) in [6, 6.07) is 1.89. The van der Waals surface area contributed by atoms with Gasteiger partial charge in [-0.15, -0.1) is 11.3 Å². The van der Waals surface area contributed by atoms with Crippen LogP contribution in [-0.2, 0) is 4.74 Å². The maximum atomic E-state index is 11.8. The Morgan fingerprint density at radius 1 is 1.75 bits per heavy atom. The zero-order valence-electron chi connectivity index (χ0n) is 9.03. The third-order valence-electron chi connectivity index (χ3n) is 2.88. The Bertz CT molecular complexity index is 380. The summed E-state index contributed by atoms with van der Waals surface area (Å²) in [4.78, 5) is 12.6. The molecule has 2 atom stereocenters. The van der Waals surface area contributed by atoms with E-state index in [1.54, 1.807) is 0 Å². The Hall–Kier alpha value is -0.390. The topological polar surface area (TPSA) is 38.3 Å². The molecule has 0 aromatic carbocycles. The maximum absolute atomic E-state index is 11.8. The van der Waals surface area contributed by atoms with Gasteiger partial charge < -0.3 is 10.1 Å². The zero-order valence-corrected chi connectivity index (χ0v) is 11.4. The van der Waals surface area contributed by atoms with Gasteiger partial charge in [0.15, 0.2) is 0 Å². The first-order valence-electron chi connectivity index (χ1n) is 5.31. The van der Waals surface area contributed by atoms with Gasteiger partial charge >= 0.3 is 0 Å². The molecule has 5 heteroatoms. The highest BCUT2D eigenvalue weighted by atomic mass is 79.9. The predicted octanol–water partition coefficient (Wildman–Crippen LogP) is 2.67. The lowest BCUT2D eigenvalue weighted by molar-refractivity contribution is 0.0910. The maximum Gasteiger partial charge on any atom is 0.262 e. The lowest BCUT2D eigenvalue weighted by Crippen LogP contribution is -2.31. The standard InChI is InChI=1S/C11H14BrNO2S/c1-7-8(2-4-15-7)6-13-11(14)10-9(12)3-5-16-10/h3,5,7-8H,2,4,6H2,1H3,(H,13,14). The number of thiophene rings is 1. The Morgan fingerprint density at radius 3 is 3.12 bits per heavy atom. The fraction of sp³-hybridized carbons (Fsp3) is 0.545. The number of hydrogen-bond acceptors (Lipinski definition) is 3. The van der Waals surface area contributed by atoms with Crippen molar-refractivity contribution in [3.63, 3.8) is 0 Å². The number of nitrogens with one attached hydrogen (secondary N) is 1. The van der Waals surface area contributed by atoms with Crippen molar-refractivity contribution in [1.29, 1.82) is 0 Å². The Balaban J connectivity index is 1.86. The molecule has 0 aliphatic carbocycles. The number of carbonyl (C=O) groups is 1. The average Bonchev–Trinajstić information content (AvgIpc) is 2.84. The molecule has 2 rings (SSSR count). The van der Waals surface area contributed by atoms with Crippen LogP contribution in [0.4, 0.5) is 0 Å². The number of ether oxygens (including phenoxy) is 1. The second-order valence-corrected chi connectivity index (χ2v) is 5.70. The van der Waals surface area contributed by atoms with Crippen LogP contribution in [0.2, 0.25) is 0 Å². The highest BCUT2D eigenvalue weighted by molar-refractivity contribution is 9.10. The van der Waals surface area contributed by atoms with Crippen LogP contribution in [-0.4, -0.2) is 25.2 Å². The molecule has 16 heavy (non-hydrogen) atoms. The van der Waals surface area contributed by atoms with Crippen molar-refractivity contribution in [2.24, 2.45) is 5.92 Å². The van der Waals surface area contributed by atoms with Gasteiger partial charge in [-0.05, 0) is 40.7 Å². The number of halogens is 1. The van der Waals surface area contributed by atoms with Crippen molar-refractivity contribution in [2.45, 2.75) is 19.4 Å². The number of carbonyl (C=O) groups excluding carboxylic acids is 1. The van der Waals surface area contributed by atoms with E-state index in [0.717, 1.165) is 22.4 Å². The van der Waals surface area contributed by atoms with Gasteiger partial charge in [0.1, 0.15) is 4.88 Å². The summed E-state index contributed by atoms with van der Waals surface area (Å²) in [5.41, 5.74) is 0. The van der Waals surface area contributed by atoms with Crippen LogP contribution in [0.15, 0.2) is 15.9 Å².